The molecule has 5 heteroatoms. The third kappa shape index (κ3) is 2.89. The van der Waals surface area contributed by atoms with Crippen LogP contribution in [0.5, 0.6) is 0 Å². The maximum absolute atomic E-state index is 5.29. The fourth-order valence-electron chi connectivity index (χ4n) is 2.27. The fraction of sp³-hybridized carbons (Fsp3) is 0.118. The van der Waals surface area contributed by atoms with Crippen molar-refractivity contribution in [2.45, 2.75) is 13.8 Å². The van der Waals surface area contributed by atoms with Gasteiger partial charge in [0.2, 0.25) is 4.77 Å². The van der Waals surface area contributed by atoms with E-state index in [4.69, 9.17) is 12.2 Å². The summed E-state index contributed by atoms with van der Waals surface area (Å²) in [6, 6.07) is 16.2. The molecule has 0 aliphatic heterocycles. The van der Waals surface area contributed by atoms with E-state index in [1.807, 2.05) is 43.3 Å². The monoisotopic (exact) mass is 308 g/mol. The van der Waals surface area contributed by atoms with Crippen molar-refractivity contribution in [3.63, 3.8) is 0 Å². The van der Waals surface area contributed by atoms with Gasteiger partial charge in [0, 0.05) is 5.56 Å². The van der Waals surface area contributed by atoms with E-state index in [9.17, 15) is 0 Å². The van der Waals surface area contributed by atoms with Gasteiger partial charge in [-0.1, -0.05) is 54.1 Å². The highest BCUT2D eigenvalue weighted by atomic mass is 32.1. The zero-order valence-electron chi connectivity index (χ0n) is 12.4. The van der Waals surface area contributed by atoms with Crippen molar-refractivity contribution < 1.29 is 0 Å². The van der Waals surface area contributed by atoms with E-state index in [2.05, 4.69) is 34.4 Å². The molecule has 1 N–H and O–H groups in total. The number of nitrogens with zero attached hydrogens (tertiary/aromatic N) is 3. The highest BCUT2D eigenvalue weighted by Crippen LogP contribution is 2.21. The molecule has 0 atom stereocenters. The molecule has 0 amide bonds. The Morgan fingerprint density at radius 2 is 1.95 bits per heavy atom. The highest BCUT2D eigenvalue weighted by Gasteiger charge is 2.09. The molecule has 2 aromatic carbocycles. The minimum atomic E-state index is 0.474. The molecule has 0 unspecified atom stereocenters. The number of aromatic amines is 1. The van der Waals surface area contributed by atoms with Gasteiger partial charge in [-0.15, -0.1) is 0 Å². The number of aryl methyl sites for hydroxylation is 2. The van der Waals surface area contributed by atoms with Crippen LogP contribution in [0.3, 0.4) is 0 Å². The van der Waals surface area contributed by atoms with Crippen LogP contribution in [0.15, 0.2) is 53.6 Å². The second-order valence-corrected chi connectivity index (χ2v) is 5.52. The average Bonchev–Trinajstić information content (AvgIpc) is 2.87. The van der Waals surface area contributed by atoms with Crippen molar-refractivity contribution in [2.24, 2.45) is 5.10 Å². The van der Waals surface area contributed by atoms with Crippen molar-refractivity contribution in [3.05, 3.63) is 70.0 Å². The number of rotatable bonds is 3. The maximum atomic E-state index is 5.29. The molecule has 1 heterocycles. The third-order valence-electron chi connectivity index (χ3n) is 3.40. The van der Waals surface area contributed by atoms with Crippen molar-refractivity contribution >= 4 is 18.4 Å². The first kappa shape index (κ1) is 14.4. The zero-order chi connectivity index (χ0) is 15.5. The van der Waals surface area contributed by atoms with E-state index in [1.165, 1.54) is 5.56 Å². The van der Waals surface area contributed by atoms with Crippen molar-refractivity contribution in [3.8, 4) is 11.4 Å². The molecule has 0 aliphatic rings. The summed E-state index contributed by atoms with van der Waals surface area (Å²) in [7, 11) is 0. The Balaban J connectivity index is 2.04. The Hall–Kier alpha value is -2.53. The second kappa shape index (κ2) is 6.07. The van der Waals surface area contributed by atoms with Crippen molar-refractivity contribution in [1.82, 2.24) is 14.9 Å². The molecule has 3 rings (SSSR count). The molecule has 110 valence electrons. The van der Waals surface area contributed by atoms with E-state index >= 15 is 0 Å². The third-order valence-corrected chi connectivity index (χ3v) is 3.67. The minimum absolute atomic E-state index is 0.474. The summed E-state index contributed by atoms with van der Waals surface area (Å²) >= 11 is 5.29. The van der Waals surface area contributed by atoms with Gasteiger partial charge in [0.15, 0.2) is 5.82 Å². The number of aromatic nitrogens is 3. The highest BCUT2D eigenvalue weighted by molar-refractivity contribution is 7.71. The second-order valence-electron chi connectivity index (χ2n) is 5.14. The standard InChI is InChI=1S/C17H16N4S/c1-12-6-5-8-14(10-12)11-18-21-16(19-20-17(21)22)15-9-4-3-7-13(15)2/h3-11H,1-2H3,(H,20,22)/b18-11+. The van der Waals surface area contributed by atoms with Gasteiger partial charge in [0.25, 0.3) is 0 Å². The Kier molecular flexibility index (Phi) is 3.98. The van der Waals surface area contributed by atoms with Crippen LogP contribution in [0, 0.1) is 18.6 Å². The molecule has 22 heavy (non-hydrogen) atoms. The first-order chi connectivity index (χ1) is 10.6. The summed E-state index contributed by atoms with van der Waals surface area (Å²) < 4.78 is 2.13. The minimum Gasteiger partial charge on any atom is -0.250 e. The smallest absolute Gasteiger partial charge is 0.216 e. The Morgan fingerprint density at radius 3 is 2.73 bits per heavy atom. The Morgan fingerprint density at radius 1 is 1.14 bits per heavy atom. The summed E-state index contributed by atoms with van der Waals surface area (Å²) in [4.78, 5) is 0. The zero-order valence-corrected chi connectivity index (χ0v) is 13.3. The van der Waals surface area contributed by atoms with Gasteiger partial charge in [-0.05, 0) is 37.2 Å². The number of nitrogens with one attached hydrogen (secondary N) is 1. The predicted molar refractivity (Wildman–Crippen MR) is 91.8 cm³/mol. The van der Waals surface area contributed by atoms with Gasteiger partial charge in [-0.25, -0.2) is 5.10 Å². The molecule has 4 nitrogen and oxygen atoms in total. The average molecular weight is 308 g/mol. The van der Waals surface area contributed by atoms with Gasteiger partial charge < -0.3 is 0 Å². The van der Waals surface area contributed by atoms with E-state index in [-0.39, 0.29) is 0 Å². The Bertz CT molecular complexity index is 889. The van der Waals surface area contributed by atoms with E-state index in [0.717, 1.165) is 16.7 Å². The lowest BCUT2D eigenvalue weighted by Crippen LogP contribution is -1.96. The van der Waals surface area contributed by atoms with Gasteiger partial charge in [0.1, 0.15) is 0 Å². The number of benzene rings is 2. The number of H-pyrrole nitrogens is 1. The fourth-order valence-corrected chi connectivity index (χ4v) is 2.45. The van der Waals surface area contributed by atoms with E-state index < -0.39 is 0 Å². The van der Waals surface area contributed by atoms with Crippen LogP contribution in [-0.4, -0.2) is 21.1 Å². The molecule has 0 spiro atoms. The molecule has 0 radical (unpaired) electrons. The topological polar surface area (TPSA) is 46.0 Å². The molecular formula is C17H16N4S. The molecular weight excluding hydrogens is 292 g/mol. The lowest BCUT2D eigenvalue weighted by molar-refractivity contribution is 0.871. The number of hydrogen-bond acceptors (Lipinski definition) is 3. The molecule has 0 aliphatic carbocycles. The van der Waals surface area contributed by atoms with Crippen LogP contribution < -0.4 is 0 Å². The van der Waals surface area contributed by atoms with Crippen molar-refractivity contribution in [2.75, 3.05) is 0 Å². The van der Waals surface area contributed by atoms with Crippen LogP contribution in [0.25, 0.3) is 11.4 Å². The Labute approximate surface area is 134 Å². The van der Waals surface area contributed by atoms with Gasteiger partial charge in [0.05, 0.1) is 6.21 Å². The van der Waals surface area contributed by atoms with Crippen LogP contribution in [-0.2, 0) is 0 Å². The SMILES string of the molecule is Cc1cccc(/C=N/n2c(-c3ccccc3C)n[nH]c2=S)c1. The van der Waals surface area contributed by atoms with Crippen LogP contribution in [0.1, 0.15) is 16.7 Å². The van der Waals surface area contributed by atoms with E-state index in [1.54, 1.807) is 10.9 Å². The van der Waals surface area contributed by atoms with Crippen molar-refractivity contribution in [1.29, 1.82) is 0 Å². The lowest BCUT2D eigenvalue weighted by Gasteiger charge is -2.04. The summed E-state index contributed by atoms with van der Waals surface area (Å²) in [6.07, 6.45) is 1.79. The first-order valence-electron chi connectivity index (χ1n) is 6.99. The first-order valence-corrected chi connectivity index (χ1v) is 7.40. The lowest BCUT2D eigenvalue weighted by atomic mass is 10.1. The maximum Gasteiger partial charge on any atom is 0.216 e. The molecule has 0 saturated heterocycles. The molecule has 3 aromatic rings. The molecule has 0 bridgehead atoms. The summed E-state index contributed by atoms with van der Waals surface area (Å²) in [5.41, 5.74) is 4.36. The van der Waals surface area contributed by atoms with Crippen LogP contribution in [0.2, 0.25) is 0 Å². The quantitative estimate of drug-likeness (QED) is 0.584. The van der Waals surface area contributed by atoms with Crippen LogP contribution >= 0.6 is 12.2 Å². The van der Waals surface area contributed by atoms with Crippen LogP contribution in [0.4, 0.5) is 0 Å². The van der Waals surface area contributed by atoms with E-state index in [0.29, 0.717) is 10.6 Å². The predicted octanol–water partition coefficient (Wildman–Crippen LogP) is 4.11. The summed E-state index contributed by atoms with van der Waals surface area (Å²) in [6.45, 7) is 4.10. The molecule has 0 saturated carbocycles. The molecule has 0 fully saturated rings. The summed E-state index contributed by atoms with van der Waals surface area (Å²) in [5, 5.41) is 11.6. The van der Waals surface area contributed by atoms with Gasteiger partial charge in [-0.3, -0.25) is 0 Å². The number of hydrogen-bond donors (Lipinski definition) is 1. The van der Waals surface area contributed by atoms with Gasteiger partial charge in [-0.2, -0.15) is 14.9 Å². The summed E-state index contributed by atoms with van der Waals surface area (Å²) in [5.74, 6) is 0.715. The normalized spacial score (nSPS) is 11.2. The largest absolute Gasteiger partial charge is 0.250 e. The van der Waals surface area contributed by atoms with Gasteiger partial charge >= 0.3 is 0 Å². The molecule has 1 aromatic heterocycles.